The van der Waals surface area contributed by atoms with Crippen molar-refractivity contribution in [1.29, 1.82) is 0 Å². The van der Waals surface area contributed by atoms with Crippen LogP contribution in [0.4, 0.5) is 0 Å². The van der Waals surface area contributed by atoms with Gasteiger partial charge in [0.05, 0.1) is 11.1 Å². The summed E-state index contributed by atoms with van der Waals surface area (Å²) < 4.78 is 11.2. The average Bonchev–Trinajstić information content (AvgIpc) is 2.67. The van der Waals surface area contributed by atoms with Gasteiger partial charge in [-0.1, -0.05) is 49.4 Å². The Bertz CT molecular complexity index is 943. The molecule has 0 saturated carbocycles. The van der Waals surface area contributed by atoms with Crippen LogP contribution in [-0.4, -0.2) is 23.3 Å². The molecule has 0 aromatic heterocycles. The fourth-order valence-electron chi connectivity index (χ4n) is 2.54. The van der Waals surface area contributed by atoms with Gasteiger partial charge in [0.25, 0.3) is 0 Å². The van der Waals surface area contributed by atoms with Crippen molar-refractivity contribution in [2.24, 2.45) is 0 Å². The van der Waals surface area contributed by atoms with Crippen LogP contribution in [0.5, 0.6) is 5.75 Å². The standard InChI is InChI=1S/C21H17O5/c1-2-19(25-18-12-6-8-14-7-3-4-11-17(14)18)26-21(24)16-10-5-9-15(13-16)20(22)23/h2-13,19H,1H3,(H,22,23). The van der Waals surface area contributed by atoms with Crippen molar-refractivity contribution < 1.29 is 24.2 Å². The molecule has 0 saturated heterocycles. The van der Waals surface area contributed by atoms with Gasteiger partial charge >= 0.3 is 11.9 Å². The first kappa shape index (κ1) is 17.5. The van der Waals surface area contributed by atoms with Crippen molar-refractivity contribution in [3.63, 3.8) is 0 Å². The topological polar surface area (TPSA) is 72.8 Å². The SMILES string of the molecule is C[CH]C(OC(=O)c1cccc(C(=O)O)c1)Oc1cccc2ccccc12. The third kappa shape index (κ3) is 3.83. The summed E-state index contributed by atoms with van der Waals surface area (Å²) in [5.74, 6) is -1.17. The lowest BCUT2D eigenvalue weighted by molar-refractivity contribution is -0.0289. The number of rotatable bonds is 6. The van der Waals surface area contributed by atoms with Crippen molar-refractivity contribution in [3.8, 4) is 5.75 Å². The van der Waals surface area contributed by atoms with Crippen LogP contribution in [0, 0.1) is 6.42 Å². The Morgan fingerprint density at radius 2 is 1.65 bits per heavy atom. The van der Waals surface area contributed by atoms with E-state index in [4.69, 9.17) is 14.6 Å². The van der Waals surface area contributed by atoms with Crippen LogP contribution in [0.2, 0.25) is 0 Å². The first-order valence-electron chi connectivity index (χ1n) is 8.06. The molecule has 0 fully saturated rings. The highest BCUT2D eigenvalue weighted by Gasteiger charge is 2.18. The number of carbonyl (C=O) groups excluding carboxylic acids is 1. The molecule has 0 heterocycles. The summed E-state index contributed by atoms with van der Waals surface area (Å²) in [7, 11) is 0. The van der Waals surface area contributed by atoms with Crippen molar-refractivity contribution in [1.82, 2.24) is 0 Å². The van der Waals surface area contributed by atoms with Gasteiger partial charge in [-0.25, -0.2) is 9.59 Å². The molecule has 0 aliphatic rings. The molecule has 3 aromatic rings. The molecule has 0 aliphatic carbocycles. The highest BCUT2D eigenvalue weighted by molar-refractivity contribution is 5.94. The lowest BCUT2D eigenvalue weighted by Gasteiger charge is -2.19. The zero-order valence-corrected chi connectivity index (χ0v) is 14.1. The molecular formula is C21H17O5. The molecule has 5 heteroatoms. The summed E-state index contributed by atoms with van der Waals surface area (Å²) in [6, 6.07) is 19.1. The van der Waals surface area contributed by atoms with E-state index in [2.05, 4.69) is 0 Å². The lowest BCUT2D eigenvalue weighted by Crippen LogP contribution is -2.24. The maximum atomic E-state index is 12.3. The molecule has 5 nitrogen and oxygen atoms in total. The number of fused-ring (bicyclic) bond motifs is 1. The van der Waals surface area contributed by atoms with E-state index in [9.17, 15) is 9.59 Å². The smallest absolute Gasteiger partial charge is 0.341 e. The van der Waals surface area contributed by atoms with Crippen LogP contribution >= 0.6 is 0 Å². The van der Waals surface area contributed by atoms with Gasteiger partial charge in [-0.3, -0.25) is 0 Å². The van der Waals surface area contributed by atoms with Gasteiger partial charge in [0.2, 0.25) is 6.29 Å². The molecule has 0 bridgehead atoms. The number of carboxylic acid groups (broad SMARTS) is 1. The molecule has 0 spiro atoms. The van der Waals surface area contributed by atoms with Crippen LogP contribution < -0.4 is 4.74 Å². The van der Waals surface area contributed by atoms with Crippen molar-refractivity contribution in [2.45, 2.75) is 13.2 Å². The summed E-state index contributed by atoms with van der Waals surface area (Å²) in [5, 5.41) is 11.0. The van der Waals surface area contributed by atoms with Gasteiger partial charge in [-0.05, 0) is 29.7 Å². The van der Waals surface area contributed by atoms with E-state index in [0.29, 0.717) is 5.75 Å². The van der Waals surface area contributed by atoms with Gasteiger partial charge < -0.3 is 14.6 Å². The maximum absolute atomic E-state index is 12.3. The first-order chi connectivity index (χ1) is 12.6. The number of carbonyl (C=O) groups is 2. The Kier molecular flexibility index (Phi) is 5.17. The number of ether oxygens (including phenoxy) is 2. The molecule has 0 aliphatic heterocycles. The van der Waals surface area contributed by atoms with Gasteiger partial charge in [-0.2, -0.15) is 0 Å². The van der Waals surface area contributed by atoms with Crippen LogP contribution in [0.25, 0.3) is 10.8 Å². The van der Waals surface area contributed by atoms with E-state index in [1.165, 1.54) is 24.3 Å². The fraction of sp³-hybridized carbons (Fsp3) is 0.0952. The molecule has 3 aromatic carbocycles. The highest BCUT2D eigenvalue weighted by atomic mass is 16.7. The molecule has 0 amide bonds. The van der Waals surface area contributed by atoms with Gasteiger partial charge in [0.15, 0.2) is 0 Å². The van der Waals surface area contributed by atoms with Crippen LogP contribution in [0.15, 0.2) is 66.7 Å². The average molecular weight is 349 g/mol. The predicted octanol–water partition coefficient (Wildman–Crippen LogP) is 4.32. The predicted molar refractivity (Wildman–Crippen MR) is 97.2 cm³/mol. The Labute approximate surface area is 150 Å². The fourth-order valence-corrected chi connectivity index (χ4v) is 2.54. The highest BCUT2D eigenvalue weighted by Crippen LogP contribution is 2.26. The second-order valence-electron chi connectivity index (χ2n) is 5.59. The van der Waals surface area contributed by atoms with Gasteiger partial charge in [0.1, 0.15) is 5.75 Å². The van der Waals surface area contributed by atoms with Gasteiger partial charge in [0, 0.05) is 11.8 Å². The number of aromatic carboxylic acids is 1. The Balaban J connectivity index is 1.78. The minimum atomic E-state index is -1.11. The van der Waals surface area contributed by atoms with Crippen molar-refractivity contribution in [2.75, 3.05) is 0 Å². The minimum Gasteiger partial charge on any atom is -0.478 e. The van der Waals surface area contributed by atoms with Crippen molar-refractivity contribution in [3.05, 3.63) is 84.3 Å². The number of hydrogen-bond acceptors (Lipinski definition) is 4. The Morgan fingerprint density at radius 3 is 2.42 bits per heavy atom. The molecule has 3 rings (SSSR count). The summed E-state index contributed by atoms with van der Waals surface area (Å²) in [4.78, 5) is 23.4. The molecule has 131 valence electrons. The summed E-state index contributed by atoms with van der Waals surface area (Å²) in [6.45, 7) is 1.72. The third-order valence-electron chi connectivity index (χ3n) is 3.83. The summed E-state index contributed by atoms with van der Waals surface area (Å²) in [5.41, 5.74) is 0.171. The molecule has 1 atom stereocenters. The van der Waals surface area contributed by atoms with E-state index in [1.54, 1.807) is 19.4 Å². The Hall–Kier alpha value is -3.34. The lowest BCUT2D eigenvalue weighted by atomic mass is 10.1. The van der Waals surface area contributed by atoms with E-state index < -0.39 is 18.2 Å². The summed E-state index contributed by atoms with van der Waals surface area (Å²) >= 11 is 0. The van der Waals surface area contributed by atoms with Crippen LogP contribution in [0.1, 0.15) is 27.6 Å². The molecule has 1 unspecified atom stereocenters. The van der Waals surface area contributed by atoms with E-state index in [1.807, 2.05) is 36.4 Å². The van der Waals surface area contributed by atoms with Crippen LogP contribution in [0.3, 0.4) is 0 Å². The van der Waals surface area contributed by atoms with E-state index in [0.717, 1.165) is 10.8 Å². The largest absolute Gasteiger partial charge is 0.478 e. The monoisotopic (exact) mass is 349 g/mol. The number of benzene rings is 3. The number of hydrogen-bond donors (Lipinski definition) is 1. The molecular weight excluding hydrogens is 332 g/mol. The normalized spacial score (nSPS) is 11.7. The molecule has 26 heavy (non-hydrogen) atoms. The summed E-state index contributed by atoms with van der Waals surface area (Å²) in [6.07, 6.45) is 0.711. The number of carboxylic acids is 1. The third-order valence-corrected chi connectivity index (χ3v) is 3.83. The second kappa shape index (κ2) is 7.70. The minimum absolute atomic E-state index is 0.0199. The van der Waals surface area contributed by atoms with E-state index >= 15 is 0 Å². The zero-order valence-electron chi connectivity index (χ0n) is 14.1. The van der Waals surface area contributed by atoms with Crippen LogP contribution in [-0.2, 0) is 4.74 Å². The van der Waals surface area contributed by atoms with Gasteiger partial charge in [-0.15, -0.1) is 0 Å². The zero-order chi connectivity index (χ0) is 18.5. The maximum Gasteiger partial charge on any atom is 0.341 e. The number of esters is 1. The second-order valence-corrected chi connectivity index (χ2v) is 5.59. The Morgan fingerprint density at radius 1 is 0.962 bits per heavy atom. The molecule has 1 N–H and O–H groups in total. The van der Waals surface area contributed by atoms with Crippen molar-refractivity contribution >= 4 is 22.7 Å². The molecule has 1 radical (unpaired) electrons. The van der Waals surface area contributed by atoms with E-state index in [-0.39, 0.29) is 11.1 Å². The quantitative estimate of drug-likeness (QED) is 0.530. The first-order valence-corrected chi connectivity index (χ1v) is 8.06.